The van der Waals surface area contributed by atoms with Crippen LogP contribution in [-0.2, 0) is 17.9 Å². The van der Waals surface area contributed by atoms with Crippen molar-refractivity contribution >= 4 is 22.6 Å². The first kappa shape index (κ1) is 15.3. The van der Waals surface area contributed by atoms with Crippen molar-refractivity contribution in [1.82, 2.24) is 9.13 Å². The van der Waals surface area contributed by atoms with Crippen molar-refractivity contribution in [2.24, 2.45) is 0 Å². The number of hydrogen-bond acceptors (Lipinski definition) is 4. The Morgan fingerprint density at radius 1 is 1.12 bits per heavy atom. The lowest BCUT2D eigenvalue weighted by Crippen LogP contribution is -2.29. The summed E-state index contributed by atoms with van der Waals surface area (Å²) in [6, 6.07) is 13.0. The number of ether oxygens (including phenoxy) is 2. The number of fused-ring (bicyclic) bond motifs is 2. The van der Waals surface area contributed by atoms with Crippen LogP contribution < -0.4 is 20.4 Å². The van der Waals surface area contributed by atoms with Gasteiger partial charge in [-0.05, 0) is 31.2 Å². The summed E-state index contributed by atoms with van der Waals surface area (Å²) in [5.74, 6) is 1.09. The van der Waals surface area contributed by atoms with Crippen molar-refractivity contribution < 1.29 is 14.3 Å². The Balaban J connectivity index is 1.60. The molecule has 0 unspecified atom stereocenters. The predicted molar refractivity (Wildman–Crippen MR) is 92.7 cm³/mol. The van der Waals surface area contributed by atoms with E-state index in [1.165, 1.54) is 0 Å². The third kappa shape index (κ3) is 2.63. The molecule has 2 heterocycles. The highest BCUT2D eigenvalue weighted by molar-refractivity contribution is 5.92. The zero-order valence-corrected chi connectivity index (χ0v) is 13.8. The number of amides is 1. The van der Waals surface area contributed by atoms with E-state index in [1.807, 2.05) is 35.8 Å². The maximum atomic E-state index is 12.5. The second kappa shape index (κ2) is 6.01. The molecule has 1 aliphatic heterocycles. The van der Waals surface area contributed by atoms with Gasteiger partial charge in [-0.25, -0.2) is 0 Å². The number of nitrogens with one attached hydrogen (secondary N) is 2. The molecule has 25 heavy (non-hydrogen) atoms. The molecule has 2 aromatic carbocycles. The number of aryl methyl sites for hydroxylation is 1. The first-order valence-electron chi connectivity index (χ1n) is 8.09. The van der Waals surface area contributed by atoms with Gasteiger partial charge in [-0.1, -0.05) is 12.1 Å². The molecule has 1 aromatic heterocycles. The highest BCUT2D eigenvalue weighted by Crippen LogP contribution is 2.34. The summed E-state index contributed by atoms with van der Waals surface area (Å²) in [7, 11) is 0. The summed E-state index contributed by atoms with van der Waals surface area (Å²) in [5, 5.41) is 11.2. The lowest BCUT2D eigenvalue weighted by molar-refractivity contribution is -0.116. The van der Waals surface area contributed by atoms with Crippen LogP contribution >= 0.6 is 0 Å². The van der Waals surface area contributed by atoms with Gasteiger partial charge in [-0.2, -0.15) is 0 Å². The van der Waals surface area contributed by atoms with Crippen molar-refractivity contribution in [2.45, 2.75) is 20.0 Å². The van der Waals surface area contributed by atoms with Gasteiger partial charge < -0.3 is 23.9 Å². The molecular weight excluding hydrogens is 320 g/mol. The van der Waals surface area contributed by atoms with Gasteiger partial charge in [0.1, 0.15) is 6.54 Å². The van der Waals surface area contributed by atoms with Crippen LogP contribution in [0.15, 0.2) is 42.5 Å². The topological polar surface area (TPSA) is 81.3 Å². The lowest BCUT2D eigenvalue weighted by atomic mass is 10.2. The average Bonchev–Trinajstić information content (AvgIpc) is 3.18. The summed E-state index contributed by atoms with van der Waals surface area (Å²) in [4.78, 5) is 12.5. The second-order valence-electron chi connectivity index (χ2n) is 5.76. The minimum atomic E-state index is -0.198. The van der Waals surface area contributed by atoms with Gasteiger partial charge in [-0.15, -0.1) is 0 Å². The monoisotopic (exact) mass is 338 g/mol. The number of carbonyl (C=O) groups excluding carboxylic acids is 1. The molecule has 0 saturated carbocycles. The molecule has 1 aliphatic rings. The second-order valence-corrected chi connectivity index (χ2v) is 5.76. The van der Waals surface area contributed by atoms with E-state index in [4.69, 9.17) is 14.9 Å². The van der Waals surface area contributed by atoms with E-state index in [9.17, 15) is 4.79 Å². The van der Waals surface area contributed by atoms with Crippen LogP contribution in [0.5, 0.6) is 11.5 Å². The van der Waals surface area contributed by atoms with Crippen molar-refractivity contribution in [3.8, 4) is 11.5 Å². The van der Waals surface area contributed by atoms with Crippen LogP contribution in [0.3, 0.4) is 0 Å². The van der Waals surface area contributed by atoms with Crippen LogP contribution in [0.25, 0.3) is 11.0 Å². The molecule has 2 N–H and O–H groups in total. The van der Waals surface area contributed by atoms with Gasteiger partial charge in [0, 0.05) is 18.3 Å². The highest BCUT2D eigenvalue weighted by atomic mass is 16.7. The first-order chi connectivity index (χ1) is 12.2. The van der Waals surface area contributed by atoms with E-state index >= 15 is 0 Å². The van der Waals surface area contributed by atoms with Crippen LogP contribution in [0, 0.1) is 5.41 Å². The predicted octanol–water partition coefficient (Wildman–Crippen LogP) is 2.31. The zero-order valence-electron chi connectivity index (χ0n) is 13.8. The van der Waals surface area contributed by atoms with E-state index in [0.717, 1.165) is 11.0 Å². The van der Waals surface area contributed by atoms with Crippen molar-refractivity contribution in [2.75, 3.05) is 12.1 Å². The van der Waals surface area contributed by atoms with E-state index < -0.39 is 0 Å². The number of nitrogens with zero attached hydrogens (tertiary/aromatic N) is 2. The molecule has 1 amide bonds. The Bertz CT molecular complexity index is 1020. The summed E-state index contributed by atoms with van der Waals surface area (Å²) in [6.07, 6.45) is 0. The van der Waals surface area contributed by atoms with E-state index in [-0.39, 0.29) is 19.2 Å². The first-order valence-corrected chi connectivity index (χ1v) is 8.09. The third-order valence-corrected chi connectivity index (χ3v) is 4.25. The number of benzene rings is 2. The Morgan fingerprint density at radius 3 is 2.60 bits per heavy atom. The molecule has 0 spiro atoms. The number of imidazole rings is 1. The maximum absolute atomic E-state index is 12.5. The number of carbonyl (C=O) groups is 1. The normalized spacial score (nSPS) is 12.5. The van der Waals surface area contributed by atoms with Crippen LogP contribution in [0.1, 0.15) is 6.92 Å². The Hall–Kier alpha value is -3.22. The molecule has 7 heteroatoms. The maximum Gasteiger partial charge on any atom is 0.244 e. The van der Waals surface area contributed by atoms with Gasteiger partial charge in [0.2, 0.25) is 18.3 Å². The highest BCUT2D eigenvalue weighted by Gasteiger charge is 2.16. The summed E-state index contributed by atoms with van der Waals surface area (Å²) in [5.41, 5.74) is 2.77. The number of anilines is 1. The third-order valence-electron chi connectivity index (χ3n) is 4.25. The summed E-state index contributed by atoms with van der Waals surface area (Å²) in [6.45, 7) is 2.93. The van der Waals surface area contributed by atoms with Crippen LogP contribution in [0.2, 0.25) is 0 Å². The van der Waals surface area contributed by atoms with Crippen molar-refractivity contribution in [1.29, 1.82) is 5.41 Å². The average molecular weight is 338 g/mol. The van der Waals surface area contributed by atoms with Gasteiger partial charge in [-0.3, -0.25) is 10.2 Å². The molecule has 128 valence electrons. The molecule has 0 bridgehead atoms. The van der Waals surface area contributed by atoms with Gasteiger partial charge in [0.25, 0.3) is 0 Å². The Labute approximate surface area is 143 Å². The number of aromatic nitrogens is 2. The van der Waals surface area contributed by atoms with Gasteiger partial charge in [0.15, 0.2) is 11.5 Å². The van der Waals surface area contributed by atoms with E-state index in [1.54, 1.807) is 22.8 Å². The molecule has 0 aliphatic carbocycles. The number of para-hydroxylation sites is 2. The van der Waals surface area contributed by atoms with Crippen molar-refractivity contribution in [3.05, 3.63) is 48.1 Å². The molecule has 3 aromatic rings. The lowest BCUT2D eigenvalue weighted by Gasteiger charge is -2.08. The van der Waals surface area contributed by atoms with Crippen molar-refractivity contribution in [3.63, 3.8) is 0 Å². The Morgan fingerprint density at radius 2 is 1.84 bits per heavy atom. The standard InChI is InChI=1S/C18H18N4O3/c1-2-21-13-5-3-4-6-14(13)22(18(21)19)10-17(23)20-12-7-8-15-16(9-12)25-11-24-15/h3-9,19H,2,10-11H2,1H3,(H,20,23). The molecule has 0 saturated heterocycles. The van der Waals surface area contributed by atoms with Crippen LogP contribution in [0.4, 0.5) is 5.69 Å². The fraction of sp³-hybridized carbons (Fsp3) is 0.222. The number of rotatable bonds is 4. The summed E-state index contributed by atoms with van der Waals surface area (Å²) >= 11 is 0. The molecular formula is C18H18N4O3. The fourth-order valence-corrected chi connectivity index (χ4v) is 3.09. The quantitative estimate of drug-likeness (QED) is 0.766. The molecule has 4 rings (SSSR count). The molecule has 0 radical (unpaired) electrons. The summed E-state index contributed by atoms with van der Waals surface area (Å²) < 4.78 is 14.2. The minimum absolute atomic E-state index is 0.0702. The van der Waals surface area contributed by atoms with Gasteiger partial charge >= 0.3 is 0 Å². The SMILES string of the molecule is CCn1c(=N)n(CC(=O)Nc2ccc3c(c2)OCO3)c2ccccc21. The van der Waals surface area contributed by atoms with E-state index in [2.05, 4.69) is 5.32 Å². The molecule has 0 atom stereocenters. The zero-order chi connectivity index (χ0) is 17.4. The van der Waals surface area contributed by atoms with E-state index in [0.29, 0.717) is 29.3 Å². The smallest absolute Gasteiger partial charge is 0.244 e. The molecule has 7 nitrogen and oxygen atoms in total. The van der Waals surface area contributed by atoms with Crippen LogP contribution in [-0.4, -0.2) is 21.8 Å². The fourth-order valence-electron chi connectivity index (χ4n) is 3.09. The van der Waals surface area contributed by atoms with Gasteiger partial charge in [0.05, 0.1) is 11.0 Å². The molecule has 0 fully saturated rings. The largest absolute Gasteiger partial charge is 0.454 e. The Kier molecular flexibility index (Phi) is 3.68. The minimum Gasteiger partial charge on any atom is -0.454 e. The number of hydrogen-bond donors (Lipinski definition) is 2.